The first kappa shape index (κ1) is 17.0. The zero-order valence-corrected chi connectivity index (χ0v) is 13.6. The van der Waals surface area contributed by atoms with Crippen molar-refractivity contribution < 1.29 is 9.00 Å². The number of hydrogen-bond donors (Lipinski definition) is 2. The number of benzene rings is 1. The van der Waals surface area contributed by atoms with Crippen LogP contribution in [0.3, 0.4) is 0 Å². The van der Waals surface area contributed by atoms with Gasteiger partial charge in [0.25, 0.3) is 0 Å². The standard InChI is InChI=1S/C14H21ClN2O2S/c1-9(2)10(3)20(19)7-6-14(18)17-13-5-4-11(16)8-12(13)15/h4-5,8-10H,6-7,16H2,1-3H3,(H,17,18). The number of nitrogen functional groups attached to an aromatic ring is 1. The van der Waals surface area contributed by atoms with E-state index in [2.05, 4.69) is 5.32 Å². The molecule has 1 aromatic carbocycles. The van der Waals surface area contributed by atoms with Crippen molar-refractivity contribution in [3.8, 4) is 0 Å². The number of hydrogen-bond acceptors (Lipinski definition) is 3. The van der Waals surface area contributed by atoms with Crippen LogP contribution < -0.4 is 11.1 Å². The predicted molar refractivity (Wildman–Crippen MR) is 86.4 cm³/mol. The molecule has 0 aliphatic heterocycles. The van der Waals surface area contributed by atoms with Gasteiger partial charge in [-0.3, -0.25) is 9.00 Å². The first-order valence-corrected chi connectivity index (χ1v) is 8.29. The number of nitrogens with one attached hydrogen (secondary N) is 1. The van der Waals surface area contributed by atoms with Gasteiger partial charge in [-0.25, -0.2) is 0 Å². The van der Waals surface area contributed by atoms with Crippen LogP contribution in [0.5, 0.6) is 0 Å². The highest BCUT2D eigenvalue weighted by Crippen LogP contribution is 2.24. The molecule has 0 bridgehead atoms. The monoisotopic (exact) mass is 316 g/mol. The summed E-state index contributed by atoms with van der Waals surface area (Å²) in [5.41, 5.74) is 6.64. The third kappa shape index (κ3) is 5.13. The van der Waals surface area contributed by atoms with Crippen LogP contribution in [-0.2, 0) is 15.6 Å². The Bertz CT molecular complexity index is 506. The van der Waals surface area contributed by atoms with Crippen molar-refractivity contribution in [3.05, 3.63) is 23.2 Å². The second kappa shape index (κ2) is 7.64. The Hall–Kier alpha value is -1.07. The molecule has 0 saturated heterocycles. The maximum Gasteiger partial charge on any atom is 0.225 e. The molecule has 0 spiro atoms. The summed E-state index contributed by atoms with van der Waals surface area (Å²) in [4.78, 5) is 11.8. The van der Waals surface area contributed by atoms with Crippen LogP contribution in [0.2, 0.25) is 5.02 Å². The number of carbonyl (C=O) groups is 1. The summed E-state index contributed by atoms with van der Waals surface area (Å²) in [5, 5.41) is 3.18. The minimum Gasteiger partial charge on any atom is -0.399 e. The molecule has 20 heavy (non-hydrogen) atoms. The molecule has 0 aliphatic rings. The molecule has 0 heterocycles. The van der Waals surface area contributed by atoms with E-state index in [0.717, 1.165) is 0 Å². The lowest BCUT2D eigenvalue weighted by molar-refractivity contribution is -0.115. The van der Waals surface area contributed by atoms with E-state index in [-0.39, 0.29) is 17.6 Å². The van der Waals surface area contributed by atoms with Crippen molar-refractivity contribution in [1.82, 2.24) is 0 Å². The van der Waals surface area contributed by atoms with Gasteiger partial charge in [0, 0.05) is 33.9 Å². The van der Waals surface area contributed by atoms with Gasteiger partial charge in [-0.1, -0.05) is 32.4 Å². The summed E-state index contributed by atoms with van der Waals surface area (Å²) in [6.45, 7) is 5.99. The smallest absolute Gasteiger partial charge is 0.225 e. The molecule has 3 N–H and O–H groups in total. The van der Waals surface area contributed by atoms with Crippen LogP contribution in [0, 0.1) is 5.92 Å². The molecule has 0 radical (unpaired) electrons. The van der Waals surface area contributed by atoms with Crippen molar-refractivity contribution in [1.29, 1.82) is 0 Å². The minimum atomic E-state index is -0.996. The summed E-state index contributed by atoms with van der Waals surface area (Å²) in [6.07, 6.45) is 0.213. The highest BCUT2D eigenvalue weighted by atomic mass is 35.5. The number of rotatable bonds is 6. The van der Waals surface area contributed by atoms with Crippen molar-refractivity contribution in [2.24, 2.45) is 5.92 Å². The first-order chi connectivity index (χ1) is 9.31. The minimum absolute atomic E-state index is 0.0860. The van der Waals surface area contributed by atoms with Crippen molar-refractivity contribution in [2.75, 3.05) is 16.8 Å². The molecular formula is C14H21ClN2O2S. The predicted octanol–water partition coefficient (Wildman–Crippen LogP) is 3.04. The summed E-state index contributed by atoms with van der Waals surface area (Å²) in [6, 6.07) is 4.90. The van der Waals surface area contributed by atoms with Crippen LogP contribution in [0.15, 0.2) is 18.2 Å². The van der Waals surface area contributed by atoms with E-state index in [1.807, 2.05) is 20.8 Å². The zero-order valence-electron chi connectivity index (χ0n) is 12.0. The quantitative estimate of drug-likeness (QED) is 0.792. The largest absolute Gasteiger partial charge is 0.399 e. The molecule has 0 aliphatic carbocycles. The molecule has 0 aromatic heterocycles. The van der Waals surface area contributed by atoms with E-state index in [1.165, 1.54) is 0 Å². The van der Waals surface area contributed by atoms with Crippen molar-refractivity contribution in [2.45, 2.75) is 32.4 Å². The van der Waals surface area contributed by atoms with Crippen LogP contribution in [0.25, 0.3) is 0 Å². The van der Waals surface area contributed by atoms with E-state index in [4.69, 9.17) is 17.3 Å². The van der Waals surface area contributed by atoms with Gasteiger partial charge in [-0.2, -0.15) is 0 Å². The molecule has 1 amide bonds. The van der Waals surface area contributed by atoms with Gasteiger partial charge in [0.15, 0.2) is 0 Å². The molecule has 2 atom stereocenters. The normalized spacial score (nSPS) is 14.1. The molecule has 1 rings (SSSR count). The average molecular weight is 317 g/mol. The molecule has 112 valence electrons. The average Bonchev–Trinajstić information content (AvgIpc) is 2.38. The van der Waals surface area contributed by atoms with E-state index in [1.54, 1.807) is 18.2 Å². The molecule has 2 unspecified atom stereocenters. The molecule has 0 saturated carbocycles. The van der Waals surface area contributed by atoms with Gasteiger partial charge in [0.1, 0.15) is 0 Å². The summed E-state index contributed by atoms with van der Waals surface area (Å²) >= 11 is 5.97. The highest BCUT2D eigenvalue weighted by molar-refractivity contribution is 7.85. The van der Waals surface area contributed by atoms with Gasteiger partial charge in [-0.05, 0) is 24.1 Å². The van der Waals surface area contributed by atoms with E-state index in [0.29, 0.717) is 28.1 Å². The van der Waals surface area contributed by atoms with E-state index in [9.17, 15) is 9.00 Å². The summed E-state index contributed by atoms with van der Waals surface area (Å²) in [7, 11) is -0.996. The lowest BCUT2D eigenvalue weighted by Gasteiger charge is -2.15. The van der Waals surface area contributed by atoms with Crippen molar-refractivity contribution >= 4 is 39.7 Å². The Balaban J connectivity index is 2.50. The molecule has 0 fully saturated rings. The molecule has 1 aromatic rings. The number of anilines is 2. The maximum absolute atomic E-state index is 11.9. The lowest BCUT2D eigenvalue weighted by Crippen LogP contribution is -2.23. The Morgan fingerprint density at radius 3 is 2.60 bits per heavy atom. The Labute approximate surface area is 127 Å². The van der Waals surface area contributed by atoms with Crippen molar-refractivity contribution in [3.63, 3.8) is 0 Å². The number of halogens is 1. The van der Waals surface area contributed by atoms with E-state index < -0.39 is 10.8 Å². The summed E-state index contributed by atoms with van der Waals surface area (Å²) in [5.74, 6) is 0.504. The number of carbonyl (C=O) groups excluding carboxylic acids is 1. The second-order valence-corrected chi connectivity index (χ2v) is 7.39. The zero-order chi connectivity index (χ0) is 15.3. The van der Waals surface area contributed by atoms with Gasteiger partial charge in [0.2, 0.25) is 5.91 Å². The topological polar surface area (TPSA) is 72.2 Å². The van der Waals surface area contributed by atoms with Crippen LogP contribution in [0.4, 0.5) is 11.4 Å². The van der Waals surface area contributed by atoms with Gasteiger partial charge >= 0.3 is 0 Å². The Morgan fingerprint density at radius 1 is 1.40 bits per heavy atom. The number of nitrogens with two attached hydrogens (primary N) is 1. The summed E-state index contributed by atoms with van der Waals surface area (Å²) < 4.78 is 11.9. The SMILES string of the molecule is CC(C)C(C)S(=O)CCC(=O)Nc1ccc(N)cc1Cl. The molecule has 6 heteroatoms. The van der Waals surface area contributed by atoms with Gasteiger partial charge in [0.05, 0.1) is 10.7 Å². The number of amides is 1. The first-order valence-electron chi connectivity index (χ1n) is 6.53. The maximum atomic E-state index is 11.9. The Morgan fingerprint density at radius 2 is 2.05 bits per heavy atom. The highest BCUT2D eigenvalue weighted by Gasteiger charge is 2.16. The molecular weight excluding hydrogens is 296 g/mol. The fraction of sp³-hybridized carbons (Fsp3) is 0.500. The fourth-order valence-electron chi connectivity index (χ4n) is 1.53. The third-order valence-corrected chi connectivity index (χ3v) is 5.44. The Kier molecular flexibility index (Phi) is 6.49. The third-order valence-electron chi connectivity index (χ3n) is 3.15. The van der Waals surface area contributed by atoms with Gasteiger partial charge in [-0.15, -0.1) is 0 Å². The fourth-order valence-corrected chi connectivity index (χ4v) is 3.13. The van der Waals surface area contributed by atoms with E-state index >= 15 is 0 Å². The van der Waals surface area contributed by atoms with Crippen LogP contribution in [-0.4, -0.2) is 21.1 Å². The molecule has 4 nitrogen and oxygen atoms in total. The van der Waals surface area contributed by atoms with Crippen LogP contribution in [0.1, 0.15) is 27.2 Å². The lowest BCUT2D eigenvalue weighted by atomic mass is 10.2. The van der Waals surface area contributed by atoms with Crippen LogP contribution >= 0.6 is 11.6 Å². The van der Waals surface area contributed by atoms with Gasteiger partial charge < -0.3 is 11.1 Å². The second-order valence-electron chi connectivity index (χ2n) is 5.07.